The third-order valence-electron chi connectivity index (χ3n) is 4.40. The fourth-order valence-corrected chi connectivity index (χ4v) is 3.05. The van der Waals surface area contributed by atoms with Gasteiger partial charge in [-0.3, -0.25) is 9.59 Å². The van der Waals surface area contributed by atoms with Crippen LogP contribution in [0.1, 0.15) is 39.4 Å². The molecule has 1 unspecified atom stereocenters. The quantitative estimate of drug-likeness (QED) is 0.887. The predicted molar refractivity (Wildman–Crippen MR) is 87.6 cm³/mol. The molecule has 0 fully saturated rings. The number of amides is 1. The fraction of sp³-hybridized carbons (Fsp3) is 0.263. The van der Waals surface area contributed by atoms with Crippen LogP contribution in [0.2, 0.25) is 0 Å². The summed E-state index contributed by atoms with van der Waals surface area (Å²) in [6, 6.07) is 10.9. The number of fused-ring (bicyclic) bond motifs is 1. The summed E-state index contributed by atoms with van der Waals surface area (Å²) < 4.78 is 13.0. The van der Waals surface area contributed by atoms with Crippen molar-refractivity contribution in [1.29, 1.82) is 0 Å². The zero-order valence-electron chi connectivity index (χ0n) is 13.1. The van der Waals surface area contributed by atoms with Crippen molar-refractivity contribution in [3.63, 3.8) is 0 Å². The van der Waals surface area contributed by atoms with E-state index in [9.17, 15) is 19.1 Å². The van der Waals surface area contributed by atoms with E-state index in [0.29, 0.717) is 11.1 Å². The van der Waals surface area contributed by atoms with Crippen LogP contribution >= 0.6 is 0 Å². The highest BCUT2D eigenvalue weighted by molar-refractivity contribution is 5.95. The summed E-state index contributed by atoms with van der Waals surface area (Å²) >= 11 is 0. The molecule has 3 rings (SSSR count). The van der Waals surface area contributed by atoms with Gasteiger partial charge < -0.3 is 10.4 Å². The number of rotatable bonds is 5. The molecule has 0 heterocycles. The van der Waals surface area contributed by atoms with Gasteiger partial charge in [0.1, 0.15) is 5.82 Å². The SMILES string of the molecule is O=C(NCC(C(=O)O)c1ccc(F)cc1)c1ccc2c(c1)CCC2. The average Bonchev–Trinajstić information content (AvgIpc) is 3.03. The minimum atomic E-state index is -1.06. The molecule has 1 amide bonds. The number of carboxylic acid groups (broad SMARTS) is 1. The molecule has 1 aliphatic carbocycles. The first-order valence-corrected chi connectivity index (χ1v) is 7.93. The number of hydrogen-bond donors (Lipinski definition) is 2. The number of aryl methyl sites for hydroxylation is 2. The van der Waals surface area contributed by atoms with E-state index in [4.69, 9.17) is 0 Å². The molecule has 0 aromatic heterocycles. The highest BCUT2D eigenvalue weighted by Gasteiger charge is 2.21. The molecule has 1 aliphatic rings. The molecule has 2 N–H and O–H groups in total. The normalized spacial score (nSPS) is 14.0. The van der Waals surface area contributed by atoms with Crippen molar-refractivity contribution in [2.24, 2.45) is 0 Å². The summed E-state index contributed by atoms with van der Waals surface area (Å²) in [5.41, 5.74) is 3.47. The van der Waals surface area contributed by atoms with Gasteiger partial charge in [-0.05, 0) is 60.2 Å². The first kappa shape index (κ1) is 16.2. The lowest BCUT2D eigenvalue weighted by Crippen LogP contribution is -2.31. The highest BCUT2D eigenvalue weighted by atomic mass is 19.1. The summed E-state index contributed by atoms with van der Waals surface area (Å²) in [6.45, 7) is -0.0448. The third-order valence-corrected chi connectivity index (χ3v) is 4.40. The molecule has 1 atom stereocenters. The van der Waals surface area contributed by atoms with Gasteiger partial charge in [0.05, 0.1) is 5.92 Å². The van der Waals surface area contributed by atoms with Crippen LogP contribution in [0.25, 0.3) is 0 Å². The van der Waals surface area contributed by atoms with Crippen LogP contribution in [0.15, 0.2) is 42.5 Å². The van der Waals surface area contributed by atoms with Crippen molar-refractivity contribution in [3.05, 3.63) is 70.5 Å². The van der Waals surface area contributed by atoms with E-state index >= 15 is 0 Å². The first-order chi connectivity index (χ1) is 11.5. The van der Waals surface area contributed by atoms with Crippen LogP contribution in [-0.4, -0.2) is 23.5 Å². The predicted octanol–water partition coefficient (Wildman–Crippen LogP) is 2.91. The van der Waals surface area contributed by atoms with Crippen LogP contribution in [-0.2, 0) is 17.6 Å². The largest absolute Gasteiger partial charge is 0.481 e. The lowest BCUT2D eigenvalue weighted by atomic mass is 9.99. The van der Waals surface area contributed by atoms with Crippen molar-refractivity contribution in [3.8, 4) is 0 Å². The van der Waals surface area contributed by atoms with Crippen molar-refractivity contribution >= 4 is 11.9 Å². The van der Waals surface area contributed by atoms with E-state index in [2.05, 4.69) is 5.32 Å². The third kappa shape index (κ3) is 3.45. The minimum absolute atomic E-state index is 0.0448. The highest BCUT2D eigenvalue weighted by Crippen LogP contribution is 2.23. The van der Waals surface area contributed by atoms with Crippen LogP contribution in [0.5, 0.6) is 0 Å². The standard InChI is InChI=1S/C19H18FNO3/c20-16-8-6-13(7-9-16)17(19(23)24)11-21-18(22)15-5-4-12-2-1-3-14(12)10-15/h4-10,17H,1-3,11H2,(H,21,22)(H,23,24). The molecule has 2 aromatic rings. The molecule has 2 aromatic carbocycles. The van der Waals surface area contributed by atoms with Crippen molar-refractivity contribution in [2.45, 2.75) is 25.2 Å². The Kier molecular flexibility index (Phi) is 4.60. The van der Waals surface area contributed by atoms with Gasteiger partial charge in [-0.1, -0.05) is 18.2 Å². The van der Waals surface area contributed by atoms with Gasteiger partial charge in [-0.25, -0.2) is 4.39 Å². The first-order valence-electron chi connectivity index (χ1n) is 7.93. The van der Waals surface area contributed by atoms with Gasteiger partial charge in [0.25, 0.3) is 5.91 Å². The second-order valence-corrected chi connectivity index (χ2v) is 5.99. The summed E-state index contributed by atoms with van der Waals surface area (Å²) in [5, 5.41) is 12.0. The second-order valence-electron chi connectivity index (χ2n) is 5.99. The van der Waals surface area contributed by atoms with Gasteiger partial charge in [0.15, 0.2) is 0 Å². The Morgan fingerprint density at radius 3 is 2.50 bits per heavy atom. The van der Waals surface area contributed by atoms with Gasteiger partial charge in [-0.15, -0.1) is 0 Å². The molecule has 0 saturated heterocycles. The number of aliphatic carboxylic acids is 1. The van der Waals surface area contributed by atoms with Crippen LogP contribution in [0.4, 0.5) is 4.39 Å². The number of halogens is 1. The summed E-state index contributed by atoms with van der Waals surface area (Å²) in [6.07, 6.45) is 3.12. The van der Waals surface area contributed by atoms with Crippen molar-refractivity contribution < 1.29 is 19.1 Å². The monoisotopic (exact) mass is 327 g/mol. The Morgan fingerprint density at radius 1 is 1.08 bits per heavy atom. The number of hydrogen-bond acceptors (Lipinski definition) is 2. The molecular formula is C19H18FNO3. The maximum atomic E-state index is 13.0. The Bertz CT molecular complexity index is 771. The van der Waals surface area contributed by atoms with Gasteiger partial charge in [-0.2, -0.15) is 0 Å². The van der Waals surface area contributed by atoms with Crippen molar-refractivity contribution in [2.75, 3.05) is 6.54 Å². The topological polar surface area (TPSA) is 66.4 Å². The van der Waals surface area contributed by atoms with Crippen LogP contribution < -0.4 is 5.32 Å². The molecule has 0 bridgehead atoms. The molecule has 124 valence electrons. The number of carbonyl (C=O) groups excluding carboxylic acids is 1. The van der Waals surface area contributed by atoms with Gasteiger partial charge in [0, 0.05) is 12.1 Å². The summed E-state index contributed by atoms with van der Waals surface area (Å²) in [7, 11) is 0. The molecule has 0 radical (unpaired) electrons. The van der Waals surface area contributed by atoms with Crippen LogP contribution in [0.3, 0.4) is 0 Å². The minimum Gasteiger partial charge on any atom is -0.481 e. The van der Waals surface area contributed by atoms with Crippen molar-refractivity contribution in [1.82, 2.24) is 5.32 Å². The molecule has 0 spiro atoms. The zero-order chi connectivity index (χ0) is 17.1. The molecular weight excluding hydrogens is 309 g/mol. The lowest BCUT2D eigenvalue weighted by molar-refractivity contribution is -0.138. The Morgan fingerprint density at radius 2 is 1.79 bits per heavy atom. The Balaban J connectivity index is 1.69. The maximum Gasteiger partial charge on any atom is 0.312 e. The zero-order valence-corrected chi connectivity index (χ0v) is 13.1. The number of nitrogens with one attached hydrogen (secondary N) is 1. The van der Waals surface area contributed by atoms with Crippen LogP contribution in [0, 0.1) is 5.82 Å². The summed E-state index contributed by atoms with van der Waals surface area (Å²) in [5.74, 6) is -2.69. The number of benzene rings is 2. The van der Waals surface area contributed by atoms with E-state index in [1.807, 2.05) is 12.1 Å². The molecule has 5 heteroatoms. The molecule has 0 saturated carbocycles. The second kappa shape index (κ2) is 6.83. The fourth-order valence-electron chi connectivity index (χ4n) is 3.05. The number of carboxylic acids is 1. The lowest BCUT2D eigenvalue weighted by Gasteiger charge is -2.14. The van der Waals surface area contributed by atoms with E-state index in [1.54, 1.807) is 6.07 Å². The Hall–Kier alpha value is -2.69. The maximum absolute atomic E-state index is 13.0. The Labute approximate surface area is 139 Å². The van der Waals surface area contributed by atoms with E-state index in [-0.39, 0.29) is 12.5 Å². The molecule has 0 aliphatic heterocycles. The van der Waals surface area contributed by atoms with E-state index in [0.717, 1.165) is 19.3 Å². The van der Waals surface area contributed by atoms with E-state index < -0.39 is 17.7 Å². The number of carbonyl (C=O) groups is 2. The average molecular weight is 327 g/mol. The summed E-state index contributed by atoms with van der Waals surface area (Å²) in [4.78, 5) is 23.7. The van der Waals surface area contributed by atoms with Gasteiger partial charge >= 0.3 is 5.97 Å². The molecule has 4 nitrogen and oxygen atoms in total. The van der Waals surface area contributed by atoms with E-state index in [1.165, 1.54) is 35.4 Å². The van der Waals surface area contributed by atoms with Gasteiger partial charge in [0.2, 0.25) is 0 Å². The molecule has 24 heavy (non-hydrogen) atoms. The smallest absolute Gasteiger partial charge is 0.312 e.